The third-order valence-corrected chi connectivity index (χ3v) is 2.62. The highest BCUT2D eigenvalue weighted by atomic mass is 19.1. The fourth-order valence-corrected chi connectivity index (χ4v) is 1.60. The molecule has 2 aromatic carbocycles. The Kier molecular flexibility index (Phi) is 3.53. The number of phenolic OH excluding ortho intramolecular Hbond substituents is 2. The molecule has 0 heterocycles. The molecule has 4 nitrogen and oxygen atoms in total. The summed E-state index contributed by atoms with van der Waals surface area (Å²) in [4.78, 5) is 0. The van der Waals surface area contributed by atoms with Gasteiger partial charge in [-0.25, -0.2) is 4.39 Å². The van der Waals surface area contributed by atoms with Crippen molar-refractivity contribution >= 4 is 5.69 Å². The zero-order valence-electron chi connectivity index (χ0n) is 9.89. The van der Waals surface area contributed by atoms with Gasteiger partial charge in [0.15, 0.2) is 11.5 Å². The van der Waals surface area contributed by atoms with Gasteiger partial charge in [-0.2, -0.15) is 5.26 Å². The summed E-state index contributed by atoms with van der Waals surface area (Å²) in [6.45, 7) is 0.288. The molecule has 2 rings (SSSR count). The number of halogens is 1. The summed E-state index contributed by atoms with van der Waals surface area (Å²) in [5, 5.41) is 30.0. The van der Waals surface area contributed by atoms with Crippen LogP contribution in [0.5, 0.6) is 11.5 Å². The van der Waals surface area contributed by atoms with E-state index in [1.165, 1.54) is 24.3 Å². The molecule has 0 aliphatic heterocycles. The van der Waals surface area contributed by atoms with E-state index >= 15 is 0 Å². The second kappa shape index (κ2) is 5.27. The van der Waals surface area contributed by atoms with Gasteiger partial charge in [-0.1, -0.05) is 6.07 Å². The highest BCUT2D eigenvalue weighted by molar-refractivity contribution is 5.50. The largest absolute Gasteiger partial charge is 0.504 e. The van der Waals surface area contributed by atoms with Gasteiger partial charge in [0.05, 0.1) is 17.3 Å². The molecule has 19 heavy (non-hydrogen) atoms. The first-order valence-electron chi connectivity index (χ1n) is 5.54. The van der Waals surface area contributed by atoms with E-state index in [1.54, 1.807) is 6.07 Å². The molecule has 0 aliphatic carbocycles. The number of hydrogen-bond donors (Lipinski definition) is 3. The molecule has 0 aromatic heterocycles. The van der Waals surface area contributed by atoms with Gasteiger partial charge in [0, 0.05) is 6.54 Å². The molecular weight excluding hydrogens is 247 g/mol. The molecule has 2 aromatic rings. The summed E-state index contributed by atoms with van der Waals surface area (Å²) in [5.74, 6) is -0.935. The highest BCUT2D eigenvalue weighted by Gasteiger charge is 2.04. The van der Waals surface area contributed by atoms with E-state index in [2.05, 4.69) is 5.32 Å². The monoisotopic (exact) mass is 258 g/mol. The van der Waals surface area contributed by atoms with E-state index < -0.39 is 5.82 Å². The summed E-state index contributed by atoms with van der Waals surface area (Å²) in [6, 6.07) is 10.4. The molecule has 96 valence electrons. The number of nitriles is 1. The minimum Gasteiger partial charge on any atom is -0.504 e. The van der Waals surface area contributed by atoms with Crippen LogP contribution in [0.25, 0.3) is 0 Å². The number of aromatic hydroxyl groups is 2. The van der Waals surface area contributed by atoms with Gasteiger partial charge in [-0.05, 0) is 35.9 Å². The van der Waals surface area contributed by atoms with Gasteiger partial charge in [0.2, 0.25) is 0 Å². The Morgan fingerprint density at radius 3 is 2.53 bits per heavy atom. The van der Waals surface area contributed by atoms with Crippen LogP contribution in [0.15, 0.2) is 36.4 Å². The zero-order chi connectivity index (χ0) is 13.8. The van der Waals surface area contributed by atoms with E-state index in [4.69, 9.17) is 10.4 Å². The van der Waals surface area contributed by atoms with Crippen molar-refractivity contribution in [2.75, 3.05) is 5.32 Å². The van der Waals surface area contributed by atoms with Crippen molar-refractivity contribution in [2.45, 2.75) is 6.54 Å². The molecule has 0 atom stereocenters. The number of hydrogen-bond acceptors (Lipinski definition) is 4. The first-order chi connectivity index (χ1) is 9.10. The lowest BCUT2D eigenvalue weighted by Gasteiger charge is -2.08. The molecule has 0 unspecified atom stereocenters. The molecule has 0 amide bonds. The van der Waals surface area contributed by atoms with Crippen LogP contribution in [0.4, 0.5) is 10.1 Å². The fraction of sp³-hybridized carbons (Fsp3) is 0.0714. The van der Waals surface area contributed by atoms with Crippen LogP contribution in [0.3, 0.4) is 0 Å². The third-order valence-electron chi connectivity index (χ3n) is 2.62. The Labute approximate surface area is 109 Å². The molecule has 0 aliphatic rings. The van der Waals surface area contributed by atoms with Crippen molar-refractivity contribution in [2.24, 2.45) is 0 Å². The van der Waals surface area contributed by atoms with Crippen LogP contribution in [0.2, 0.25) is 0 Å². The van der Waals surface area contributed by atoms with Gasteiger partial charge in [0.25, 0.3) is 0 Å². The molecule has 0 bridgehead atoms. The van der Waals surface area contributed by atoms with Gasteiger partial charge in [-0.3, -0.25) is 0 Å². The number of nitrogens with zero attached hydrogens (tertiary/aromatic N) is 1. The minimum atomic E-state index is -0.512. The quantitative estimate of drug-likeness (QED) is 0.740. The van der Waals surface area contributed by atoms with Crippen molar-refractivity contribution < 1.29 is 14.6 Å². The average Bonchev–Trinajstić information content (AvgIpc) is 2.41. The van der Waals surface area contributed by atoms with Crippen molar-refractivity contribution in [1.29, 1.82) is 5.26 Å². The first-order valence-corrected chi connectivity index (χ1v) is 5.54. The minimum absolute atomic E-state index is 0.201. The number of rotatable bonds is 3. The van der Waals surface area contributed by atoms with E-state index in [0.29, 0.717) is 5.56 Å². The molecule has 0 fully saturated rings. The number of benzene rings is 2. The molecule has 0 spiro atoms. The highest BCUT2D eigenvalue weighted by Crippen LogP contribution is 2.25. The lowest BCUT2D eigenvalue weighted by atomic mass is 10.2. The van der Waals surface area contributed by atoms with E-state index in [-0.39, 0.29) is 29.3 Å². The standard InChI is InChI=1S/C14H11FN2O2/c15-11-5-9(7-16)1-3-12(11)17-8-10-2-4-13(18)14(19)6-10/h1-6,17-19H,8H2. The predicted octanol–water partition coefficient (Wildman–Crippen LogP) is 2.72. The number of nitrogens with one attached hydrogen (secondary N) is 1. The van der Waals surface area contributed by atoms with Crippen LogP contribution in [-0.2, 0) is 6.54 Å². The lowest BCUT2D eigenvalue weighted by molar-refractivity contribution is 0.403. The zero-order valence-corrected chi connectivity index (χ0v) is 9.89. The molecule has 0 saturated heterocycles. The topological polar surface area (TPSA) is 76.3 Å². The summed E-state index contributed by atoms with van der Waals surface area (Å²) < 4.78 is 13.6. The van der Waals surface area contributed by atoms with Crippen LogP contribution < -0.4 is 5.32 Å². The van der Waals surface area contributed by atoms with Crippen molar-refractivity contribution in [1.82, 2.24) is 0 Å². The van der Waals surface area contributed by atoms with Gasteiger partial charge in [-0.15, -0.1) is 0 Å². The second-order valence-electron chi connectivity index (χ2n) is 3.98. The maximum absolute atomic E-state index is 13.6. The fourth-order valence-electron chi connectivity index (χ4n) is 1.60. The first kappa shape index (κ1) is 12.7. The summed E-state index contributed by atoms with van der Waals surface area (Å²) in [6.07, 6.45) is 0. The summed E-state index contributed by atoms with van der Waals surface area (Å²) in [7, 11) is 0. The molecule has 0 saturated carbocycles. The molecule has 5 heteroatoms. The van der Waals surface area contributed by atoms with Gasteiger partial charge < -0.3 is 15.5 Å². The second-order valence-corrected chi connectivity index (χ2v) is 3.98. The lowest BCUT2D eigenvalue weighted by Crippen LogP contribution is -2.01. The van der Waals surface area contributed by atoms with Gasteiger partial charge >= 0.3 is 0 Å². The third kappa shape index (κ3) is 2.93. The summed E-state index contributed by atoms with van der Waals surface area (Å²) in [5.41, 5.74) is 1.22. The smallest absolute Gasteiger partial charge is 0.157 e. The SMILES string of the molecule is N#Cc1ccc(NCc2ccc(O)c(O)c2)c(F)c1. The van der Waals surface area contributed by atoms with Crippen LogP contribution in [0.1, 0.15) is 11.1 Å². The Balaban J connectivity index is 2.10. The maximum atomic E-state index is 13.6. The molecular formula is C14H11FN2O2. The average molecular weight is 258 g/mol. The van der Waals surface area contributed by atoms with Crippen LogP contribution in [0, 0.1) is 17.1 Å². The predicted molar refractivity (Wildman–Crippen MR) is 68.2 cm³/mol. The summed E-state index contributed by atoms with van der Waals surface area (Å²) >= 11 is 0. The van der Waals surface area contributed by atoms with E-state index in [1.807, 2.05) is 6.07 Å². The Morgan fingerprint density at radius 2 is 1.89 bits per heavy atom. The van der Waals surface area contributed by atoms with Crippen molar-refractivity contribution in [3.05, 3.63) is 53.3 Å². The molecule has 0 radical (unpaired) electrons. The van der Waals surface area contributed by atoms with E-state index in [0.717, 1.165) is 6.07 Å². The van der Waals surface area contributed by atoms with Crippen LogP contribution >= 0.6 is 0 Å². The van der Waals surface area contributed by atoms with Crippen LogP contribution in [-0.4, -0.2) is 10.2 Å². The molecule has 3 N–H and O–H groups in total. The van der Waals surface area contributed by atoms with Gasteiger partial charge in [0.1, 0.15) is 5.82 Å². The number of phenols is 2. The Bertz CT molecular complexity index is 650. The number of anilines is 1. The van der Waals surface area contributed by atoms with Crippen molar-refractivity contribution in [3.8, 4) is 17.6 Å². The maximum Gasteiger partial charge on any atom is 0.157 e. The normalized spacial score (nSPS) is 9.89. The Morgan fingerprint density at radius 1 is 1.11 bits per heavy atom. The van der Waals surface area contributed by atoms with Crippen molar-refractivity contribution in [3.63, 3.8) is 0 Å². The van der Waals surface area contributed by atoms with E-state index in [9.17, 15) is 9.50 Å². The Hall–Kier alpha value is -2.74.